The normalized spacial score (nSPS) is 12.2. The molecule has 0 aliphatic heterocycles. The number of ether oxygens (including phenoxy) is 1. The summed E-state index contributed by atoms with van der Waals surface area (Å²) in [5.41, 5.74) is 1.18. The first-order chi connectivity index (χ1) is 7.67. The van der Waals surface area contributed by atoms with E-state index >= 15 is 0 Å². The highest BCUT2D eigenvalue weighted by molar-refractivity contribution is 5.50. The molecule has 0 radical (unpaired) electrons. The van der Waals surface area contributed by atoms with Gasteiger partial charge in [0.2, 0.25) is 0 Å². The zero-order chi connectivity index (χ0) is 12.0. The van der Waals surface area contributed by atoms with Gasteiger partial charge in [0, 0.05) is 31.4 Å². The van der Waals surface area contributed by atoms with Gasteiger partial charge in [-0.2, -0.15) is 0 Å². The van der Waals surface area contributed by atoms with Crippen molar-refractivity contribution in [1.29, 1.82) is 0 Å². The second-order valence-electron chi connectivity index (χ2n) is 4.04. The highest BCUT2D eigenvalue weighted by Crippen LogP contribution is 2.19. The molecule has 0 saturated heterocycles. The van der Waals surface area contributed by atoms with Crippen molar-refractivity contribution < 1.29 is 4.74 Å². The third-order valence-electron chi connectivity index (χ3n) is 2.59. The Labute approximate surface area is 98.4 Å². The van der Waals surface area contributed by atoms with Gasteiger partial charge in [-0.25, -0.2) is 0 Å². The Bertz CT molecular complexity index is 315. The molecule has 1 unspecified atom stereocenters. The highest BCUT2D eigenvalue weighted by Gasteiger charge is 2.06. The van der Waals surface area contributed by atoms with Crippen molar-refractivity contribution in [3.05, 3.63) is 24.3 Å². The van der Waals surface area contributed by atoms with Gasteiger partial charge in [0.15, 0.2) is 0 Å². The van der Waals surface area contributed by atoms with Gasteiger partial charge < -0.3 is 15.0 Å². The molecule has 1 N–H and O–H groups in total. The topological polar surface area (TPSA) is 24.5 Å². The molecule has 0 fully saturated rings. The van der Waals surface area contributed by atoms with Gasteiger partial charge in [-0.05, 0) is 25.6 Å². The van der Waals surface area contributed by atoms with E-state index < -0.39 is 0 Å². The van der Waals surface area contributed by atoms with E-state index in [1.807, 2.05) is 12.1 Å². The van der Waals surface area contributed by atoms with Gasteiger partial charge in [-0.15, -0.1) is 0 Å². The van der Waals surface area contributed by atoms with E-state index in [1.165, 1.54) is 5.69 Å². The van der Waals surface area contributed by atoms with Crippen LogP contribution in [0.1, 0.15) is 13.8 Å². The average molecular weight is 222 g/mol. The second-order valence-corrected chi connectivity index (χ2v) is 4.04. The van der Waals surface area contributed by atoms with E-state index in [2.05, 4.69) is 43.2 Å². The number of rotatable bonds is 6. The summed E-state index contributed by atoms with van der Waals surface area (Å²) >= 11 is 0. The summed E-state index contributed by atoms with van der Waals surface area (Å²) < 4.78 is 5.22. The molecule has 3 heteroatoms. The number of benzene rings is 1. The van der Waals surface area contributed by atoms with E-state index in [4.69, 9.17) is 4.74 Å². The van der Waals surface area contributed by atoms with E-state index in [0.717, 1.165) is 18.8 Å². The van der Waals surface area contributed by atoms with E-state index in [0.29, 0.717) is 6.04 Å². The lowest BCUT2D eigenvalue weighted by molar-refractivity contribution is 0.414. The Morgan fingerprint density at radius 1 is 1.44 bits per heavy atom. The van der Waals surface area contributed by atoms with Gasteiger partial charge in [0.1, 0.15) is 5.75 Å². The minimum absolute atomic E-state index is 0.487. The maximum atomic E-state index is 5.22. The number of likely N-dealkylation sites (N-methyl/N-ethyl adjacent to an activating group) is 2. The number of hydrogen-bond donors (Lipinski definition) is 1. The first-order valence-corrected chi connectivity index (χ1v) is 5.76. The first-order valence-electron chi connectivity index (χ1n) is 5.76. The molecule has 0 aliphatic carbocycles. The predicted octanol–water partition coefficient (Wildman–Crippen LogP) is 2.13. The van der Waals surface area contributed by atoms with E-state index in [9.17, 15) is 0 Å². The fraction of sp³-hybridized carbons (Fsp3) is 0.538. The summed E-state index contributed by atoms with van der Waals surface area (Å²) in [7, 11) is 3.79. The SMILES string of the molecule is CCNC(C)CN(C)c1cccc(OC)c1. The van der Waals surface area contributed by atoms with Crippen LogP contribution in [0.3, 0.4) is 0 Å². The van der Waals surface area contributed by atoms with Crippen LogP contribution < -0.4 is 15.0 Å². The molecule has 1 atom stereocenters. The van der Waals surface area contributed by atoms with Crippen LogP contribution in [0.2, 0.25) is 0 Å². The minimum Gasteiger partial charge on any atom is -0.497 e. The standard InChI is InChI=1S/C13H22N2O/c1-5-14-11(2)10-15(3)12-7-6-8-13(9-12)16-4/h6-9,11,14H,5,10H2,1-4H3. The lowest BCUT2D eigenvalue weighted by atomic mass is 10.2. The first kappa shape index (κ1) is 12.8. The highest BCUT2D eigenvalue weighted by atomic mass is 16.5. The average Bonchev–Trinajstić information content (AvgIpc) is 2.29. The van der Waals surface area contributed by atoms with Gasteiger partial charge in [-0.1, -0.05) is 13.0 Å². The summed E-state index contributed by atoms with van der Waals surface area (Å²) in [6.07, 6.45) is 0. The van der Waals surface area contributed by atoms with Crippen molar-refractivity contribution in [1.82, 2.24) is 5.32 Å². The largest absolute Gasteiger partial charge is 0.497 e. The van der Waals surface area contributed by atoms with Crippen LogP contribution in [0.4, 0.5) is 5.69 Å². The summed E-state index contributed by atoms with van der Waals surface area (Å²) in [5, 5.41) is 3.40. The third kappa shape index (κ3) is 3.74. The van der Waals surface area contributed by atoms with Crippen LogP contribution in [-0.2, 0) is 0 Å². The molecule has 0 heterocycles. The Morgan fingerprint density at radius 2 is 2.19 bits per heavy atom. The monoisotopic (exact) mass is 222 g/mol. The number of anilines is 1. The minimum atomic E-state index is 0.487. The smallest absolute Gasteiger partial charge is 0.120 e. The van der Waals surface area contributed by atoms with Crippen molar-refractivity contribution in [2.45, 2.75) is 19.9 Å². The third-order valence-corrected chi connectivity index (χ3v) is 2.59. The molecule has 3 nitrogen and oxygen atoms in total. The Kier molecular flexibility index (Phi) is 5.12. The zero-order valence-electron chi connectivity index (χ0n) is 10.7. The van der Waals surface area contributed by atoms with Gasteiger partial charge in [-0.3, -0.25) is 0 Å². The number of methoxy groups -OCH3 is 1. The van der Waals surface area contributed by atoms with Crippen molar-refractivity contribution >= 4 is 5.69 Å². The molecule has 1 rings (SSSR count). The fourth-order valence-electron chi connectivity index (χ4n) is 1.78. The van der Waals surface area contributed by atoms with Crippen LogP contribution in [0, 0.1) is 0 Å². The Hall–Kier alpha value is -1.22. The van der Waals surface area contributed by atoms with Crippen LogP contribution in [0.25, 0.3) is 0 Å². The van der Waals surface area contributed by atoms with Crippen molar-refractivity contribution in [3.63, 3.8) is 0 Å². The van der Waals surface area contributed by atoms with Gasteiger partial charge in [0.25, 0.3) is 0 Å². The Morgan fingerprint density at radius 3 is 2.81 bits per heavy atom. The van der Waals surface area contributed by atoms with Crippen LogP contribution in [0.15, 0.2) is 24.3 Å². The number of hydrogen-bond acceptors (Lipinski definition) is 3. The molecule has 0 aliphatic rings. The summed E-state index contributed by atoms with van der Waals surface area (Å²) in [6, 6.07) is 8.62. The quantitative estimate of drug-likeness (QED) is 0.798. The van der Waals surface area contributed by atoms with Crippen LogP contribution in [0.5, 0.6) is 5.75 Å². The molecule has 1 aromatic rings. The fourth-order valence-corrected chi connectivity index (χ4v) is 1.78. The van der Waals surface area contributed by atoms with Crippen molar-refractivity contribution in [2.24, 2.45) is 0 Å². The summed E-state index contributed by atoms with van der Waals surface area (Å²) in [6.45, 7) is 6.32. The molecule has 1 aromatic carbocycles. The molecule has 90 valence electrons. The molecule has 16 heavy (non-hydrogen) atoms. The molecular formula is C13H22N2O. The lowest BCUT2D eigenvalue weighted by Gasteiger charge is -2.24. The lowest BCUT2D eigenvalue weighted by Crippen LogP contribution is -2.37. The van der Waals surface area contributed by atoms with Crippen LogP contribution in [-0.4, -0.2) is 33.3 Å². The van der Waals surface area contributed by atoms with Crippen LogP contribution >= 0.6 is 0 Å². The molecule has 0 bridgehead atoms. The molecule has 0 aromatic heterocycles. The van der Waals surface area contributed by atoms with Crippen molar-refractivity contribution in [2.75, 3.05) is 32.1 Å². The van der Waals surface area contributed by atoms with E-state index in [-0.39, 0.29) is 0 Å². The molecule has 0 saturated carbocycles. The number of nitrogens with zero attached hydrogens (tertiary/aromatic N) is 1. The molecule has 0 spiro atoms. The molecular weight excluding hydrogens is 200 g/mol. The maximum absolute atomic E-state index is 5.22. The van der Waals surface area contributed by atoms with Gasteiger partial charge in [0.05, 0.1) is 7.11 Å². The zero-order valence-corrected chi connectivity index (χ0v) is 10.7. The van der Waals surface area contributed by atoms with E-state index in [1.54, 1.807) is 7.11 Å². The predicted molar refractivity (Wildman–Crippen MR) is 69.4 cm³/mol. The maximum Gasteiger partial charge on any atom is 0.120 e. The van der Waals surface area contributed by atoms with Gasteiger partial charge >= 0.3 is 0 Å². The molecule has 0 amide bonds. The summed E-state index contributed by atoms with van der Waals surface area (Å²) in [4.78, 5) is 2.23. The summed E-state index contributed by atoms with van der Waals surface area (Å²) in [5.74, 6) is 0.903. The second kappa shape index (κ2) is 6.38. The van der Waals surface area contributed by atoms with Crippen molar-refractivity contribution in [3.8, 4) is 5.75 Å². The Balaban J connectivity index is 2.61. The number of nitrogens with one attached hydrogen (secondary N) is 1.